The van der Waals surface area contributed by atoms with Crippen molar-refractivity contribution in [3.05, 3.63) is 82.9 Å². The quantitative estimate of drug-likeness (QED) is 0.194. The Bertz CT molecular complexity index is 1120. The van der Waals surface area contributed by atoms with Crippen LogP contribution in [0.2, 0.25) is 0 Å². The van der Waals surface area contributed by atoms with Crippen molar-refractivity contribution in [1.29, 1.82) is 0 Å². The van der Waals surface area contributed by atoms with E-state index in [1.807, 2.05) is 12.1 Å². The lowest BCUT2D eigenvalue weighted by molar-refractivity contribution is 0.269. The van der Waals surface area contributed by atoms with E-state index in [2.05, 4.69) is 34.5 Å². The van der Waals surface area contributed by atoms with Crippen molar-refractivity contribution in [2.24, 2.45) is 0 Å². The van der Waals surface area contributed by atoms with Gasteiger partial charge in [-0.3, -0.25) is 0 Å². The van der Waals surface area contributed by atoms with Crippen LogP contribution in [0.15, 0.2) is 60.7 Å². The summed E-state index contributed by atoms with van der Waals surface area (Å²) in [6, 6.07) is 18.9. The molecule has 192 valence electrons. The van der Waals surface area contributed by atoms with Gasteiger partial charge < -0.3 is 30.6 Å². The van der Waals surface area contributed by atoms with Crippen LogP contribution in [0.4, 0.5) is 0 Å². The summed E-state index contributed by atoms with van der Waals surface area (Å²) in [5.41, 5.74) is 4.49. The van der Waals surface area contributed by atoms with Gasteiger partial charge in [-0.2, -0.15) is 0 Å². The molecule has 0 radical (unpaired) electrons. The van der Waals surface area contributed by atoms with Gasteiger partial charge in [0.2, 0.25) is 0 Å². The van der Waals surface area contributed by atoms with Crippen LogP contribution < -0.4 is 5.32 Å². The highest BCUT2D eigenvalue weighted by molar-refractivity contribution is 5.50. The standard InChI is InChI=1S/C30H38N2O4/c33-27-11-10-22(18-28(27)34)12-15-31-14-6-1-2-7-16-32-17-13-24-19-29(35)30(36)20-25(24)26(21-32)23-8-4-3-5-9-23/h3-5,8-11,18-20,26,31,33-36H,1-2,6-7,12-17,21H2/t26-/m0/s1. The summed E-state index contributed by atoms with van der Waals surface area (Å²) in [6.07, 6.45) is 6.36. The lowest BCUT2D eigenvalue weighted by atomic mass is 9.87. The monoisotopic (exact) mass is 490 g/mol. The molecule has 1 aliphatic rings. The number of phenolic OH excluding ortho intramolecular Hbond substituents is 4. The first-order valence-electron chi connectivity index (χ1n) is 13.0. The zero-order valence-electron chi connectivity index (χ0n) is 20.9. The molecule has 0 unspecified atom stereocenters. The minimum Gasteiger partial charge on any atom is -0.504 e. The number of benzene rings is 3. The molecular weight excluding hydrogens is 452 g/mol. The maximum Gasteiger partial charge on any atom is 0.157 e. The number of phenols is 4. The molecule has 36 heavy (non-hydrogen) atoms. The molecule has 4 rings (SSSR count). The van der Waals surface area contributed by atoms with E-state index < -0.39 is 0 Å². The minimum absolute atomic E-state index is 0.0381. The molecule has 0 amide bonds. The fraction of sp³-hybridized carbons (Fsp3) is 0.400. The van der Waals surface area contributed by atoms with E-state index in [0.29, 0.717) is 0 Å². The maximum atomic E-state index is 10.2. The van der Waals surface area contributed by atoms with Crippen LogP contribution in [0, 0.1) is 0 Å². The van der Waals surface area contributed by atoms with E-state index in [4.69, 9.17) is 0 Å². The van der Waals surface area contributed by atoms with Gasteiger partial charge in [0.15, 0.2) is 23.0 Å². The van der Waals surface area contributed by atoms with Crippen LogP contribution in [0.3, 0.4) is 0 Å². The first-order chi connectivity index (χ1) is 17.5. The van der Waals surface area contributed by atoms with Crippen LogP contribution in [0.25, 0.3) is 0 Å². The average molecular weight is 491 g/mol. The maximum absolute atomic E-state index is 10.2. The largest absolute Gasteiger partial charge is 0.504 e. The van der Waals surface area contributed by atoms with Gasteiger partial charge in [0, 0.05) is 19.0 Å². The molecule has 0 fully saturated rings. The Kier molecular flexibility index (Phi) is 9.09. The van der Waals surface area contributed by atoms with E-state index in [0.717, 1.165) is 75.1 Å². The normalized spacial score (nSPS) is 15.9. The van der Waals surface area contributed by atoms with Gasteiger partial charge in [0.1, 0.15) is 0 Å². The Hall–Kier alpha value is -3.22. The summed E-state index contributed by atoms with van der Waals surface area (Å²) in [5, 5.41) is 42.7. The summed E-state index contributed by atoms with van der Waals surface area (Å²) < 4.78 is 0. The first kappa shape index (κ1) is 25.9. The number of fused-ring (bicyclic) bond motifs is 1. The number of aromatic hydroxyl groups is 4. The number of nitrogens with one attached hydrogen (secondary N) is 1. The van der Waals surface area contributed by atoms with E-state index in [1.54, 1.807) is 18.2 Å². The molecule has 1 aliphatic heterocycles. The Balaban J connectivity index is 1.19. The van der Waals surface area contributed by atoms with Crippen molar-refractivity contribution in [2.45, 2.75) is 44.4 Å². The van der Waals surface area contributed by atoms with Gasteiger partial charge in [-0.05, 0) is 91.8 Å². The number of nitrogens with zero attached hydrogens (tertiary/aromatic N) is 1. The van der Waals surface area contributed by atoms with Crippen molar-refractivity contribution < 1.29 is 20.4 Å². The summed E-state index contributed by atoms with van der Waals surface area (Å²) >= 11 is 0. The van der Waals surface area contributed by atoms with Crippen LogP contribution in [-0.4, -0.2) is 58.0 Å². The molecule has 1 atom stereocenters. The van der Waals surface area contributed by atoms with Crippen LogP contribution in [0.1, 0.15) is 53.9 Å². The molecule has 3 aromatic rings. The van der Waals surface area contributed by atoms with E-state index >= 15 is 0 Å². The minimum atomic E-state index is -0.0781. The van der Waals surface area contributed by atoms with Crippen molar-refractivity contribution in [2.75, 3.05) is 32.7 Å². The van der Waals surface area contributed by atoms with Crippen molar-refractivity contribution in [1.82, 2.24) is 10.2 Å². The second kappa shape index (κ2) is 12.7. The second-order valence-electron chi connectivity index (χ2n) is 9.79. The predicted molar refractivity (Wildman–Crippen MR) is 143 cm³/mol. The highest BCUT2D eigenvalue weighted by Gasteiger charge is 2.25. The fourth-order valence-electron chi connectivity index (χ4n) is 5.10. The van der Waals surface area contributed by atoms with Crippen LogP contribution in [-0.2, 0) is 12.8 Å². The first-order valence-corrected chi connectivity index (χ1v) is 13.0. The smallest absolute Gasteiger partial charge is 0.157 e. The van der Waals surface area contributed by atoms with Gasteiger partial charge >= 0.3 is 0 Å². The van der Waals surface area contributed by atoms with Gasteiger partial charge in [0.25, 0.3) is 0 Å². The predicted octanol–water partition coefficient (Wildman–Crippen LogP) is 4.89. The lowest BCUT2D eigenvalue weighted by Crippen LogP contribution is -2.30. The molecule has 0 aromatic heterocycles. The Morgan fingerprint density at radius 1 is 0.750 bits per heavy atom. The SMILES string of the molecule is Oc1ccc(CCNCCCCCCN2CCc3cc(O)c(O)cc3[C@H](c3ccccc3)C2)cc1O. The summed E-state index contributed by atoms with van der Waals surface area (Å²) in [7, 11) is 0. The Morgan fingerprint density at radius 3 is 2.31 bits per heavy atom. The molecular formula is C30H38N2O4. The summed E-state index contributed by atoms with van der Waals surface area (Å²) in [5.74, 6) is -0.0468. The van der Waals surface area contributed by atoms with Crippen molar-refractivity contribution in [3.8, 4) is 23.0 Å². The zero-order chi connectivity index (χ0) is 25.3. The molecule has 1 heterocycles. The zero-order valence-corrected chi connectivity index (χ0v) is 20.9. The van der Waals surface area contributed by atoms with Crippen LogP contribution in [0.5, 0.6) is 23.0 Å². The van der Waals surface area contributed by atoms with Crippen molar-refractivity contribution >= 4 is 0 Å². The van der Waals surface area contributed by atoms with Crippen molar-refractivity contribution in [3.63, 3.8) is 0 Å². The summed E-state index contributed by atoms with van der Waals surface area (Å²) in [6.45, 7) is 4.74. The molecule has 0 saturated heterocycles. The van der Waals surface area contributed by atoms with Gasteiger partial charge in [-0.1, -0.05) is 49.2 Å². The molecule has 0 aliphatic carbocycles. The third kappa shape index (κ3) is 6.93. The topological polar surface area (TPSA) is 96.2 Å². The molecule has 0 saturated carbocycles. The number of rotatable bonds is 11. The van der Waals surface area contributed by atoms with E-state index in [9.17, 15) is 20.4 Å². The van der Waals surface area contributed by atoms with Gasteiger partial charge in [0.05, 0.1) is 0 Å². The third-order valence-electron chi connectivity index (χ3n) is 7.16. The molecule has 0 bridgehead atoms. The van der Waals surface area contributed by atoms with E-state index in [-0.39, 0.29) is 28.9 Å². The van der Waals surface area contributed by atoms with E-state index in [1.165, 1.54) is 24.5 Å². The fourth-order valence-corrected chi connectivity index (χ4v) is 5.10. The number of hydrogen-bond donors (Lipinski definition) is 5. The highest BCUT2D eigenvalue weighted by Crippen LogP contribution is 2.37. The summed E-state index contributed by atoms with van der Waals surface area (Å²) in [4.78, 5) is 2.52. The molecule has 6 heteroatoms. The van der Waals surface area contributed by atoms with Gasteiger partial charge in [-0.15, -0.1) is 0 Å². The molecule has 5 N–H and O–H groups in total. The average Bonchev–Trinajstić information content (AvgIpc) is 3.05. The molecule has 0 spiro atoms. The molecule has 6 nitrogen and oxygen atoms in total. The lowest BCUT2D eigenvalue weighted by Gasteiger charge is -2.25. The Morgan fingerprint density at radius 2 is 1.50 bits per heavy atom. The third-order valence-corrected chi connectivity index (χ3v) is 7.16. The molecule has 3 aromatic carbocycles. The van der Waals surface area contributed by atoms with Crippen LogP contribution >= 0.6 is 0 Å². The number of unbranched alkanes of at least 4 members (excludes halogenated alkanes) is 3. The number of hydrogen-bond acceptors (Lipinski definition) is 6. The highest BCUT2D eigenvalue weighted by atomic mass is 16.3. The van der Waals surface area contributed by atoms with Gasteiger partial charge in [-0.25, -0.2) is 0 Å². The second-order valence-corrected chi connectivity index (χ2v) is 9.79. The Labute approximate surface area is 213 Å².